The quantitative estimate of drug-likeness (QED) is 0.0993. The lowest BCUT2D eigenvalue weighted by atomic mass is 9.98. The molecule has 0 radical (unpaired) electrons. The van der Waals surface area contributed by atoms with Crippen molar-refractivity contribution in [2.75, 3.05) is 12.8 Å². The monoisotopic (exact) mass is 606 g/mol. The minimum Gasteiger partial charge on any atom is -0.378 e. The molecule has 1 atom stereocenters. The summed E-state index contributed by atoms with van der Waals surface area (Å²) in [6, 6.07) is 3.49. The van der Waals surface area contributed by atoms with E-state index in [2.05, 4.69) is 4.18 Å². The fraction of sp³-hybridized carbons (Fsp3) is 0.684. The summed E-state index contributed by atoms with van der Waals surface area (Å²) in [5.41, 5.74) is 0.507. The van der Waals surface area contributed by atoms with E-state index in [0.29, 0.717) is 23.9 Å². The average Bonchev–Trinajstić information content (AvgIpc) is 2.73. The molecule has 0 saturated heterocycles. The number of hydrogen-bond acceptors (Lipinski definition) is 3. The molecule has 0 fully saturated rings. The minimum atomic E-state index is -8.24. The van der Waals surface area contributed by atoms with Crippen molar-refractivity contribution in [2.45, 2.75) is 67.5 Å². The van der Waals surface area contributed by atoms with Crippen molar-refractivity contribution in [1.29, 1.82) is 0 Å². The van der Waals surface area contributed by atoms with Gasteiger partial charge in [0.2, 0.25) is 0 Å². The predicted molar refractivity (Wildman–Crippen MR) is 108 cm³/mol. The third-order valence-electron chi connectivity index (χ3n) is 4.94. The van der Waals surface area contributed by atoms with Gasteiger partial charge in [0.15, 0.2) is 0 Å². The van der Waals surface area contributed by atoms with Crippen LogP contribution in [0.25, 0.3) is 0 Å². The van der Waals surface area contributed by atoms with E-state index in [1.54, 1.807) is 0 Å². The summed E-state index contributed by atoms with van der Waals surface area (Å²) in [5, 5.41) is -7.40. The number of rotatable bonds is 13. The lowest BCUT2D eigenvalue weighted by Crippen LogP contribution is -2.71. The first kappa shape index (κ1) is 33.5. The lowest BCUT2D eigenvalue weighted by Gasteiger charge is -2.38. The summed E-state index contributed by atoms with van der Waals surface area (Å²) in [4.78, 5) is 0. The third-order valence-corrected chi connectivity index (χ3v) is 8.22. The van der Waals surface area contributed by atoms with Gasteiger partial charge >= 0.3 is 45.2 Å². The van der Waals surface area contributed by atoms with Crippen molar-refractivity contribution in [2.24, 2.45) is 0 Å². The van der Waals surface area contributed by atoms with Crippen LogP contribution in [0.3, 0.4) is 0 Å². The number of hydrogen-bond donors (Lipinski definition) is 0. The summed E-state index contributed by atoms with van der Waals surface area (Å²) in [6.45, 7) is 3.90. The first-order valence-electron chi connectivity index (χ1n) is 10.1. The first-order chi connectivity index (χ1) is 16.4. The summed E-state index contributed by atoms with van der Waals surface area (Å²) >= 11 is 0. The maximum absolute atomic E-state index is 14.0. The maximum atomic E-state index is 14.0. The molecule has 18 heteroatoms. The highest BCUT2D eigenvalue weighted by Crippen LogP contribution is 2.61. The van der Waals surface area contributed by atoms with E-state index in [1.165, 1.54) is 0 Å². The Hall–Kier alpha value is -1.51. The summed E-state index contributed by atoms with van der Waals surface area (Å²) in [6.07, 6.45) is -3.45. The second kappa shape index (κ2) is 10.9. The van der Waals surface area contributed by atoms with Crippen LogP contribution in [0, 0.1) is 0 Å². The van der Waals surface area contributed by atoms with E-state index < -0.39 is 58.9 Å². The molecular formula is C19H20F13O3PS. The van der Waals surface area contributed by atoms with Crippen LogP contribution in [0.1, 0.15) is 31.7 Å². The highest BCUT2D eigenvalue weighted by Gasteiger charge is 2.93. The van der Waals surface area contributed by atoms with Crippen molar-refractivity contribution < 1.29 is 69.7 Å². The van der Waals surface area contributed by atoms with Crippen molar-refractivity contribution in [1.82, 2.24) is 0 Å². The van der Waals surface area contributed by atoms with Crippen molar-refractivity contribution in [3.8, 4) is 5.75 Å². The summed E-state index contributed by atoms with van der Waals surface area (Å²) in [7, 11) is -7.92. The van der Waals surface area contributed by atoms with Crippen molar-refractivity contribution in [3.63, 3.8) is 0 Å². The number of benzene rings is 1. The van der Waals surface area contributed by atoms with Gasteiger partial charge in [0.1, 0.15) is 5.75 Å². The van der Waals surface area contributed by atoms with Crippen LogP contribution in [0.2, 0.25) is 0 Å². The Labute approximate surface area is 204 Å². The Balaban J connectivity index is 3.24. The molecule has 0 aromatic heterocycles. The van der Waals surface area contributed by atoms with Gasteiger partial charge < -0.3 is 4.18 Å². The average molecular weight is 606 g/mol. The molecule has 1 rings (SSSR count). The highest BCUT2D eigenvalue weighted by molar-refractivity contribution is 7.88. The molecule has 216 valence electrons. The molecular weight excluding hydrogens is 586 g/mol. The molecule has 0 aliphatic rings. The SMILES string of the molecule is CCCCCP(C)Cc1ccc(OS(=O)(=O)C(F)(F)C(F)(F)C(F)(F)C(F)(F)C(F)(F)C(F)(F)F)cc1. The Bertz CT molecular complexity index is 1010. The molecule has 0 aliphatic heterocycles. The van der Waals surface area contributed by atoms with Crippen molar-refractivity contribution >= 4 is 18.0 Å². The molecule has 0 aliphatic carbocycles. The van der Waals surface area contributed by atoms with Gasteiger partial charge in [-0.05, 0) is 43.1 Å². The largest absolute Gasteiger partial charge is 0.460 e. The van der Waals surface area contributed by atoms with Crippen molar-refractivity contribution in [3.05, 3.63) is 29.8 Å². The van der Waals surface area contributed by atoms with Crippen LogP contribution in [0.4, 0.5) is 57.1 Å². The van der Waals surface area contributed by atoms with E-state index in [4.69, 9.17) is 0 Å². The molecule has 1 aromatic carbocycles. The normalized spacial score (nSPS) is 15.5. The molecule has 0 bridgehead atoms. The van der Waals surface area contributed by atoms with Crippen LogP contribution in [-0.2, 0) is 16.3 Å². The second-order valence-electron chi connectivity index (χ2n) is 7.94. The Kier molecular flexibility index (Phi) is 9.90. The molecule has 0 N–H and O–H groups in total. The molecule has 0 heterocycles. The van der Waals surface area contributed by atoms with Gasteiger partial charge in [-0.2, -0.15) is 65.5 Å². The molecule has 37 heavy (non-hydrogen) atoms. The lowest BCUT2D eigenvalue weighted by molar-refractivity contribution is -0.433. The minimum absolute atomic E-state index is 0.453. The third kappa shape index (κ3) is 6.22. The van der Waals surface area contributed by atoms with E-state index in [9.17, 15) is 65.5 Å². The van der Waals surface area contributed by atoms with Crippen LogP contribution < -0.4 is 4.18 Å². The molecule has 1 unspecified atom stereocenters. The molecule has 1 aromatic rings. The molecule has 3 nitrogen and oxygen atoms in total. The van der Waals surface area contributed by atoms with Gasteiger partial charge in [-0.25, -0.2) is 0 Å². The van der Waals surface area contributed by atoms with Gasteiger partial charge in [-0.3, -0.25) is 0 Å². The molecule has 0 saturated carbocycles. The molecule has 0 spiro atoms. The van der Waals surface area contributed by atoms with E-state index >= 15 is 0 Å². The summed E-state index contributed by atoms with van der Waals surface area (Å²) in [5.74, 6) is -33.6. The van der Waals surface area contributed by atoms with E-state index in [-0.39, 0.29) is 0 Å². The van der Waals surface area contributed by atoms with Gasteiger partial charge in [0, 0.05) is 0 Å². The topological polar surface area (TPSA) is 43.4 Å². The van der Waals surface area contributed by atoms with Gasteiger partial charge in [-0.15, -0.1) is 7.92 Å². The van der Waals surface area contributed by atoms with Crippen LogP contribution in [0.15, 0.2) is 24.3 Å². The zero-order chi connectivity index (χ0) is 29.3. The molecule has 0 amide bonds. The first-order valence-corrected chi connectivity index (χ1v) is 13.6. The number of unbranched alkanes of at least 4 members (excludes halogenated alkanes) is 2. The smallest absolute Gasteiger partial charge is 0.378 e. The van der Waals surface area contributed by atoms with Gasteiger partial charge in [0.25, 0.3) is 0 Å². The second-order valence-corrected chi connectivity index (χ2v) is 12.0. The summed E-state index contributed by atoms with van der Waals surface area (Å²) < 4.78 is 198. The van der Waals surface area contributed by atoms with E-state index in [1.807, 2.05) is 13.6 Å². The zero-order valence-electron chi connectivity index (χ0n) is 18.8. The standard InChI is InChI=1S/C19H20F13O3PS/c1-3-4-5-10-36(2)11-12-6-8-13(9-7-12)35-37(33,34)19(31,32)17(26,27)15(22,23)14(20,21)16(24,25)18(28,29)30/h6-9H,3-5,10-11H2,1-2H3. The van der Waals surface area contributed by atoms with Gasteiger partial charge in [-0.1, -0.05) is 31.9 Å². The number of halogens is 13. The van der Waals surface area contributed by atoms with Crippen LogP contribution in [0.5, 0.6) is 5.75 Å². The maximum Gasteiger partial charge on any atom is 0.460 e. The Morgan fingerprint density at radius 1 is 0.730 bits per heavy atom. The highest BCUT2D eigenvalue weighted by atomic mass is 32.2. The van der Waals surface area contributed by atoms with Crippen LogP contribution in [-0.4, -0.2) is 56.4 Å². The van der Waals surface area contributed by atoms with Crippen LogP contribution >= 0.6 is 7.92 Å². The Morgan fingerprint density at radius 2 is 1.19 bits per heavy atom. The van der Waals surface area contributed by atoms with E-state index in [0.717, 1.165) is 37.6 Å². The fourth-order valence-electron chi connectivity index (χ4n) is 2.76. The fourth-order valence-corrected chi connectivity index (χ4v) is 5.43. The predicted octanol–water partition coefficient (Wildman–Crippen LogP) is 7.89. The number of alkyl halides is 13. The zero-order valence-corrected chi connectivity index (χ0v) is 20.5. The van der Waals surface area contributed by atoms with Gasteiger partial charge in [0.05, 0.1) is 0 Å². The Morgan fingerprint density at radius 3 is 1.62 bits per heavy atom.